The van der Waals surface area contributed by atoms with Gasteiger partial charge in [-0.05, 0) is 30.7 Å². The number of anilines is 2. The number of nitrogens with one attached hydrogen (secondary N) is 1. The van der Waals surface area contributed by atoms with Crippen LogP contribution < -0.4 is 19.5 Å². The molecule has 7 nitrogen and oxygen atoms in total. The minimum absolute atomic E-state index is 0.0618. The van der Waals surface area contributed by atoms with Crippen molar-refractivity contribution in [1.29, 1.82) is 0 Å². The molecule has 1 aliphatic rings. The maximum atomic E-state index is 5.82. The minimum atomic E-state index is 0.0618. The summed E-state index contributed by atoms with van der Waals surface area (Å²) in [4.78, 5) is 11.9. The molecule has 0 fully saturated rings. The highest BCUT2D eigenvalue weighted by molar-refractivity contribution is 6.28. The molecule has 2 heterocycles. The van der Waals surface area contributed by atoms with Gasteiger partial charge in [-0.3, -0.25) is 0 Å². The minimum Gasteiger partial charge on any atom is -0.464 e. The van der Waals surface area contributed by atoms with Gasteiger partial charge in [-0.15, -0.1) is 0 Å². The fourth-order valence-corrected chi connectivity index (χ4v) is 1.84. The van der Waals surface area contributed by atoms with Gasteiger partial charge in [-0.2, -0.15) is 15.0 Å². The predicted molar refractivity (Wildman–Crippen MR) is 71.9 cm³/mol. The number of nitrogens with zero attached hydrogens (tertiary/aromatic N) is 3. The topological polar surface area (TPSA) is 78.4 Å². The van der Waals surface area contributed by atoms with Gasteiger partial charge in [-0.25, -0.2) is 0 Å². The van der Waals surface area contributed by atoms with Crippen molar-refractivity contribution in [1.82, 2.24) is 15.0 Å². The van der Waals surface area contributed by atoms with Crippen molar-refractivity contribution in [3.05, 3.63) is 23.5 Å². The number of halogens is 1. The van der Waals surface area contributed by atoms with E-state index in [9.17, 15) is 0 Å². The van der Waals surface area contributed by atoms with Crippen molar-refractivity contribution in [2.75, 3.05) is 18.7 Å². The Balaban J connectivity index is 1.83. The predicted octanol–water partition coefficient (Wildman–Crippen LogP) is 2.40. The van der Waals surface area contributed by atoms with Crippen molar-refractivity contribution in [2.45, 2.75) is 6.92 Å². The number of ether oxygens (including phenoxy) is 3. The molecule has 0 aliphatic carbocycles. The van der Waals surface area contributed by atoms with Crippen molar-refractivity contribution >= 4 is 23.2 Å². The number of hydrogen-bond donors (Lipinski definition) is 1. The Morgan fingerprint density at radius 2 is 2.10 bits per heavy atom. The van der Waals surface area contributed by atoms with Crippen LogP contribution in [0.4, 0.5) is 11.6 Å². The SMILES string of the molecule is CCOc1nc(Cl)nc(Nc2ccc3c(c2)OCO3)n1. The number of hydrogen-bond acceptors (Lipinski definition) is 7. The molecule has 0 atom stereocenters. The van der Waals surface area contributed by atoms with Crippen LogP contribution in [0, 0.1) is 0 Å². The van der Waals surface area contributed by atoms with Gasteiger partial charge >= 0.3 is 6.01 Å². The summed E-state index contributed by atoms with van der Waals surface area (Å²) in [7, 11) is 0. The molecule has 0 radical (unpaired) electrons. The third kappa shape index (κ3) is 2.67. The lowest BCUT2D eigenvalue weighted by Crippen LogP contribution is -2.03. The van der Waals surface area contributed by atoms with Crippen LogP contribution >= 0.6 is 11.6 Å². The number of fused-ring (bicyclic) bond motifs is 1. The van der Waals surface area contributed by atoms with E-state index in [1.54, 1.807) is 12.1 Å². The van der Waals surface area contributed by atoms with Crippen LogP contribution in [0.2, 0.25) is 5.28 Å². The number of aromatic nitrogens is 3. The first kappa shape index (κ1) is 12.7. The van der Waals surface area contributed by atoms with Crippen LogP contribution in [0.25, 0.3) is 0 Å². The molecule has 1 aliphatic heterocycles. The molecule has 0 bridgehead atoms. The zero-order chi connectivity index (χ0) is 13.9. The summed E-state index contributed by atoms with van der Waals surface area (Å²) in [6.07, 6.45) is 0. The lowest BCUT2D eigenvalue weighted by atomic mass is 10.3. The summed E-state index contributed by atoms with van der Waals surface area (Å²) >= 11 is 5.82. The molecule has 1 N–H and O–H groups in total. The van der Waals surface area contributed by atoms with E-state index < -0.39 is 0 Å². The molecule has 20 heavy (non-hydrogen) atoms. The number of benzene rings is 1. The van der Waals surface area contributed by atoms with Gasteiger partial charge in [-0.1, -0.05) is 0 Å². The van der Waals surface area contributed by atoms with E-state index in [1.165, 1.54) is 0 Å². The van der Waals surface area contributed by atoms with Gasteiger partial charge in [0.2, 0.25) is 18.0 Å². The Morgan fingerprint density at radius 1 is 1.25 bits per heavy atom. The van der Waals surface area contributed by atoms with Crippen LogP contribution in [-0.4, -0.2) is 28.4 Å². The third-order valence-corrected chi connectivity index (χ3v) is 2.66. The molecule has 3 rings (SSSR count). The van der Waals surface area contributed by atoms with Crippen molar-refractivity contribution in [3.8, 4) is 17.5 Å². The van der Waals surface area contributed by atoms with E-state index in [2.05, 4.69) is 20.3 Å². The summed E-state index contributed by atoms with van der Waals surface area (Å²) < 4.78 is 15.7. The van der Waals surface area contributed by atoms with E-state index in [0.29, 0.717) is 24.1 Å². The van der Waals surface area contributed by atoms with Crippen LogP contribution in [0.1, 0.15) is 6.92 Å². The zero-order valence-corrected chi connectivity index (χ0v) is 11.3. The highest BCUT2D eigenvalue weighted by Crippen LogP contribution is 2.34. The van der Waals surface area contributed by atoms with Gasteiger partial charge in [0.15, 0.2) is 11.5 Å². The highest BCUT2D eigenvalue weighted by atomic mass is 35.5. The average Bonchev–Trinajstić information content (AvgIpc) is 2.85. The van der Waals surface area contributed by atoms with Crippen molar-refractivity contribution in [3.63, 3.8) is 0 Å². The molecule has 1 aromatic heterocycles. The first-order valence-corrected chi connectivity index (χ1v) is 6.33. The molecular weight excluding hydrogens is 284 g/mol. The first-order valence-electron chi connectivity index (χ1n) is 5.95. The van der Waals surface area contributed by atoms with Crippen LogP contribution in [0.3, 0.4) is 0 Å². The molecule has 0 saturated carbocycles. The molecule has 0 amide bonds. The monoisotopic (exact) mass is 294 g/mol. The van der Waals surface area contributed by atoms with Crippen LogP contribution in [0.5, 0.6) is 17.5 Å². The fourth-order valence-electron chi connectivity index (χ4n) is 1.68. The maximum Gasteiger partial charge on any atom is 0.322 e. The van der Waals surface area contributed by atoms with E-state index >= 15 is 0 Å². The standard InChI is InChI=1S/C12H11ClN4O3/c1-2-18-12-16-10(13)15-11(17-12)14-7-3-4-8-9(5-7)20-6-19-8/h3-5H,2,6H2,1H3,(H,14,15,16,17). The molecular formula is C12H11ClN4O3. The van der Waals surface area contributed by atoms with Gasteiger partial charge in [0.1, 0.15) is 0 Å². The molecule has 8 heteroatoms. The van der Waals surface area contributed by atoms with E-state index in [0.717, 1.165) is 5.69 Å². The summed E-state index contributed by atoms with van der Waals surface area (Å²) in [6, 6.07) is 5.60. The Kier molecular flexibility index (Phi) is 3.42. The van der Waals surface area contributed by atoms with Crippen molar-refractivity contribution in [2.24, 2.45) is 0 Å². The second kappa shape index (κ2) is 5.38. The smallest absolute Gasteiger partial charge is 0.322 e. The first-order chi connectivity index (χ1) is 9.74. The molecule has 1 aromatic carbocycles. The van der Waals surface area contributed by atoms with Gasteiger partial charge in [0.25, 0.3) is 0 Å². The number of rotatable bonds is 4. The molecule has 0 saturated heterocycles. The van der Waals surface area contributed by atoms with E-state index in [-0.39, 0.29) is 18.1 Å². The Hall–Kier alpha value is -2.28. The third-order valence-electron chi connectivity index (χ3n) is 2.49. The Bertz CT molecular complexity index is 638. The fraction of sp³-hybridized carbons (Fsp3) is 0.250. The molecule has 0 spiro atoms. The maximum absolute atomic E-state index is 5.82. The van der Waals surface area contributed by atoms with E-state index in [4.69, 9.17) is 25.8 Å². The van der Waals surface area contributed by atoms with Crippen LogP contribution in [0.15, 0.2) is 18.2 Å². The lowest BCUT2D eigenvalue weighted by Gasteiger charge is -2.07. The average molecular weight is 295 g/mol. The van der Waals surface area contributed by atoms with Gasteiger partial charge < -0.3 is 19.5 Å². The Morgan fingerprint density at radius 3 is 2.95 bits per heavy atom. The molecule has 0 unspecified atom stereocenters. The largest absolute Gasteiger partial charge is 0.464 e. The van der Waals surface area contributed by atoms with E-state index in [1.807, 2.05) is 13.0 Å². The quantitative estimate of drug-likeness (QED) is 0.927. The zero-order valence-electron chi connectivity index (χ0n) is 10.6. The van der Waals surface area contributed by atoms with Crippen molar-refractivity contribution < 1.29 is 14.2 Å². The molecule has 104 valence electrons. The lowest BCUT2D eigenvalue weighted by molar-refractivity contribution is 0.174. The summed E-state index contributed by atoms with van der Waals surface area (Å²) in [5, 5.41) is 3.07. The second-order valence-electron chi connectivity index (χ2n) is 3.84. The van der Waals surface area contributed by atoms with Crippen LogP contribution in [-0.2, 0) is 0 Å². The summed E-state index contributed by atoms with van der Waals surface area (Å²) in [6.45, 7) is 2.51. The summed E-state index contributed by atoms with van der Waals surface area (Å²) in [5.74, 6) is 1.67. The van der Waals surface area contributed by atoms with Gasteiger partial charge in [0.05, 0.1) is 6.61 Å². The van der Waals surface area contributed by atoms with Gasteiger partial charge in [0, 0.05) is 11.8 Å². The summed E-state index contributed by atoms with van der Waals surface area (Å²) in [5.41, 5.74) is 0.749. The normalized spacial score (nSPS) is 12.3. The Labute approximate surface area is 119 Å². The second-order valence-corrected chi connectivity index (χ2v) is 4.17. The molecule has 2 aromatic rings. The highest BCUT2D eigenvalue weighted by Gasteiger charge is 2.14.